The number of hydrogen-bond acceptors (Lipinski definition) is 9. The van der Waals surface area contributed by atoms with E-state index in [0.717, 1.165) is 19.3 Å². The van der Waals surface area contributed by atoms with E-state index in [4.69, 9.17) is 23.7 Å². The van der Waals surface area contributed by atoms with Crippen molar-refractivity contribution in [2.45, 2.75) is 105 Å². The molecule has 0 bridgehead atoms. The van der Waals surface area contributed by atoms with Crippen LogP contribution in [0.5, 0.6) is 11.5 Å². The maximum atomic E-state index is 13.3. The van der Waals surface area contributed by atoms with Gasteiger partial charge in [0, 0.05) is 32.8 Å². The van der Waals surface area contributed by atoms with Crippen molar-refractivity contribution in [2.24, 2.45) is 0 Å². The summed E-state index contributed by atoms with van der Waals surface area (Å²) >= 11 is 0. The molecule has 0 aliphatic carbocycles. The van der Waals surface area contributed by atoms with Crippen LogP contribution in [-0.4, -0.2) is 91.1 Å². The van der Waals surface area contributed by atoms with E-state index in [1.54, 1.807) is 65.7 Å². The van der Waals surface area contributed by atoms with E-state index in [9.17, 15) is 19.2 Å². The number of unbranched alkanes of at least 4 members (excludes halogenated alkanes) is 1. The van der Waals surface area contributed by atoms with E-state index in [1.807, 2.05) is 11.8 Å². The average Bonchev–Trinajstić information content (AvgIpc) is 2.91. The normalized spacial score (nSPS) is 13.6. The van der Waals surface area contributed by atoms with E-state index in [0.29, 0.717) is 30.9 Å². The second-order valence-electron chi connectivity index (χ2n) is 12.9. The highest BCUT2D eigenvalue weighted by Crippen LogP contribution is 2.40. The third kappa shape index (κ3) is 12.2. The summed E-state index contributed by atoms with van der Waals surface area (Å²) in [6.45, 7) is 15.6. The Morgan fingerprint density at radius 3 is 2.32 bits per heavy atom. The molecule has 1 aromatic carbocycles. The minimum Gasteiger partial charge on any atom is -0.481 e. The van der Waals surface area contributed by atoms with Crippen LogP contribution < -0.4 is 14.8 Å². The van der Waals surface area contributed by atoms with E-state index < -0.39 is 29.4 Å². The van der Waals surface area contributed by atoms with Gasteiger partial charge < -0.3 is 38.8 Å². The molecule has 0 spiro atoms. The van der Waals surface area contributed by atoms with Crippen molar-refractivity contribution >= 4 is 29.8 Å². The highest BCUT2D eigenvalue weighted by atomic mass is 16.7. The van der Waals surface area contributed by atoms with Crippen LogP contribution in [0, 0.1) is 0 Å². The van der Waals surface area contributed by atoms with Gasteiger partial charge in [0.1, 0.15) is 16.9 Å². The van der Waals surface area contributed by atoms with Crippen LogP contribution in [0.3, 0.4) is 0 Å². The van der Waals surface area contributed by atoms with Crippen LogP contribution in [0.15, 0.2) is 12.1 Å². The number of methoxy groups -OCH3 is 1. The van der Waals surface area contributed by atoms with Crippen LogP contribution in [0.1, 0.15) is 86.6 Å². The zero-order valence-corrected chi connectivity index (χ0v) is 27.9. The third-order valence-corrected chi connectivity index (χ3v) is 6.66. The molecule has 0 fully saturated rings. The first kappa shape index (κ1) is 36.7. The molecule has 1 aliphatic rings. The summed E-state index contributed by atoms with van der Waals surface area (Å²) in [6.07, 6.45) is 2.04. The number of hydrogen-bond donors (Lipinski definition) is 1. The standard InChI is InChI=1S/C32H51N3O9/c1-10-11-12-22(2)35(26(37)16-20-40-9)19-18-34(29(38)43-31(3,4)5)17-15-23-13-14-24(42-30(39)44-32(6,7)8)27-28(23)41-21-25(36)33-27/h13-14,22H,10-12,15-21H2,1-9H3,(H,33,36). The summed E-state index contributed by atoms with van der Waals surface area (Å²) in [7, 11) is 1.56. The van der Waals surface area contributed by atoms with E-state index >= 15 is 0 Å². The summed E-state index contributed by atoms with van der Waals surface area (Å²) in [5.41, 5.74) is -0.576. The SMILES string of the molecule is CCCCC(C)N(CCN(CCc1ccc(OC(=O)OC(C)(C)C)c2c1OCC(=O)N2)C(=O)OC(C)(C)C)C(=O)CCOC. The van der Waals surface area contributed by atoms with Gasteiger partial charge in [0.25, 0.3) is 5.91 Å². The molecule has 44 heavy (non-hydrogen) atoms. The first-order valence-corrected chi connectivity index (χ1v) is 15.3. The summed E-state index contributed by atoms with van der Waals surface area (Å²) in [6, 6.07) is 3.27. The van der Waals surface area contributed by atoms with Gasteiger partial charge in [-0.05, 0) is 72.9 Å². The second kappa shape index (κ2) is 16.5. The van der Waals surface area contributed by atoms with Crippen molar-refractivity contribution in [2.75, 3.05) is 45.3 Å². The minimum absolute atomic E-state index is 0.00124. The molecule has 1 aliphatic heterocycles. The highest BCUT2D eigenvalue weighted by molar-refractivity contribution is 5.98. The van der Waals surface area contributed by atoms with E-state index in [2.05, 4.69) is 12.2 Å². The number of amides is 3. The van der Waals surface area contributed by atoms with Gasteiger partial charge >= 0.3 is 12.2 Å². The number of carbonyl (C=O) groups excluding carboxylic acids is 4. The van der Waals surface area contributed by atoms with Crippen molar-refractivity contribution in [1.82, 2.24) is 9.80 Å². The topological polar surface area (TPSA) is 133 Å². The first-order valence-electron chi connectivity index (χ1n) is 15.3. The Morgan fingerprint density at radius 1 is 1.02 bits per heavy atom. The lowest BCUT2D eigenvalue weighted by atomic mass is 10.1. The van der Waals surface area contributed by atoms with E-state index in [1.165, 1.54) is 0 Å². The van der Waals surface area contributed by atoms with Gasteiger partial charge in [-0.15, -0.1) is 0 Å². The van der Waals surface area contributed by atoms with Crippen molar-refractivity contribution in [3.63, 3.8) is 0 Å². The number of carbonyl (C=O) groups is 4. The number of benzene rings is 1. The molecule has 2 rings (SSSR count). The molecule has 12 nitrogen and oxygen atoms in total. The Labute approximate surface area is 261 Å². The zero-order chi connectivity index (χ0) is 33.1. The molecule has 1 atom stereocenters. The van der Waals surface area contributed by atoms with Crippen LogP contribution in [0.4, 0.5) is 15.3 Å². The van der Waals surface area contributed by atoms with Gasteiger partial charge in [-0.1, -0.05) is 25.8 Å². The van der Waals surface area contributed by atoms with Gasteiger partial charge in [-0.25, -0.2) is 9.59 Å². The molecule has 0 aromatic heterocycles. The fraction of sp³-hybridized carbons (Fsp3) is 0.688. The summed E-state index contributed by atoms with van der Waals surface area (Å²) < 4.78 is 27.2. The highest BCUT2D eigenvalue weighted by Gasteiger charge is 2.29. The molecule has 0 saturated heterocycles. The largest absolute Gasteiger partial charge is 0.514 e. The quantitative estimate of drug-likeness (QED) is 0.210. The van der Waals surface area contributed by atoms with Crippen molar-refractivity contribution < 1.29 is 42.9 Å². The predicted octanol–water partition coefficient (Wildman–Crippen LogP) is 5.55. The molecule has 12 heteroatoms. The Kier molecular flexibility index (Phi) is 13.8. The lowest BCUT2D eigenvalue weighted by Gasteiger charge is -2.33. The first-order chi connectivity index (χ1) is 20.5. The maximum Gasteiger partial charge on any atom is 0.514 e. The third-order valence-electron chi connectivity index (χ3n) is 6.66. The fourth-order valence-electron chi connectivity index (χ4n) is 4.53. The molecule has 0 saturated carbocycles. The van der Waals surface area contributed by atoms with Crippen molar-refractivity contribution in [3.8, 4) is 11.5 Å². The number of nitrogens with one attached hydrogen (secondary N) is 1. The Balaban J connectivity index is 2.29. The number of anilines is 1. The van der Waals surface area contributed by atoms with Crippen LogP contribution >= 0.6 is 0 Å². The van der Waals surface area contributed by atoms with Crippen molar-refractivity contribution in [3.05, 3.63) is 17.7 Å². The monoisotopic (exact) mass is 621 g/mol. The van der Waals surface area contributed by atoms with Crippen LogP contribution in [-0.2, 0) is 30.2 Å². The summed E-state index contributed by atoms with van der Waals surface area (Å²) in [5.74, 6) is 0.00792. The maximum absolute atomic E-state index is 13.3. The van der Waals surface area contributed by atoms with Crippen LogP contribution in [0.25, 0.3) is 0 Å². The van der Waals surface area contributed by atoms with Crippen LogP contribution in [0.2, 0.25) is 0 Å². The van der Waals surface area contributed by atoms with Crippen molar-refractivity contribution in [1.29, 1.82) is 0 Å². The fourth-order valence-corrected chi connectivity index (χ4v) is 4.53. The summed E-state index contributed by atoms with van der Waals surface area (Å²) in [5, 5.41) is 2.72. The molecule has 0 radical (unpaired) electrons. The molecule has 1 heterocycles. The Hall–Kier alpha value is -3.54. The Bertz CT molecular complexity index is 1140. The number of fused-ring (bicyclic) bond motifs is 1. The second-order valence-corrected chi connectivity index (χ2v) is 12.9. The average molecular weight is 622 g/mol. The van der Waals surface area contributed by atoms with E-state index in [-0.39, 0.29) is 49.5 Å². The lowest BCUT2D eigenvalue weighted by Crippen LogP contribution is -2.46. The summed E-state index contributed by atoms with van der Waals surface area (Å²) in [4.78, 5) is 54.3. The van der Waals surface area contributed by atoms with Gasteiger partial charge in [0.15, 0.2) is 18.1 Å². The number of nitrogens with zero attached hydrogens (tertiary/aromatic N) is 2. The molecular formula is C32H51N3O9. The molecular weight excluding hydrogens is 570 g/mol. The van der Waals surface area contributed by atoms with Gasteiger partial charge in [0.2, 0.25) is 5.91 Å². The molecule has 3 amide bonds. The van der Waals surface area contributed by atoms with Gasteiger partial charge in [0.05, 0.1) is 13.0 Å². The molecule has 1 N–H and O–H groups in total. The zero-order valence-electron chi connectivity index (χ0n) is 27.9. The lowest BCUT2D eigenvalue weighted by molar-refractivity contribution is -0.134. The number of ether oxygens (including phenoxy) is 5. The minimum atomic E-state index is -0.916. The molecule has 248 valence electrons. The number of rotatable bonds is 14. The molecule has 1 unspecified atom stereocenters. The molecule has 1 aromatic rings. The van der Waals surface area contributed by atoms with Gasteiger partial charge in [-0.3, -0.25) is 9.59 Å². The smallest absolute Gasteiger partial charge is 0.481 e. The Morgan fingerprint density at radius 2 is 1.70 bits per heavy atom. The van der Waals surface area contributed by atoms with Gasteiger partial charge in [-0.2, -0.15) is 0 Å². The predicted molar refractivity (Wildman–Crippen MR) is 166 cm³/mol.